The van der Waals surface area contributed by atoms with Crippen LogP contribution in [0.25, 0.3) is 0 Å². The van der Waals surface area contributed by atoms with Crippen LogP contribution in [0.2, 0.25) is 0 Å². The topological polar surface area (TPSA) is 70.7 Å². The van der Waals surface area contributed by atoms with E-state index in [1.54, 1.807) is 0 Å². The van der Waals surface area contributed by atoms with Crippen LogP contribution in [0.5, 0.6) is 0 Å². The van der Waals surface area contributed by atoms with Crippen LogP contribution in [-0.4, -0.2) is 55.7 Å². The fraction of sp³-hybridized carbons (Fsp3) is 0.800. The molecule has 2 N–H and O–H groups in total. The third-order valence-electron chi connectivity index (χ3n) is 2.34. The quantitative estimate of drug-likeness (QED) is 0.673. The number of carbonyl (C=O) groups excluding carboxylic acids is 2. The average Bonchev–Trinajstić information content (AvgIpc) is 2.15. The van der Waals surface area contributed by atoms with Gasteiger partial charge in [-0.1, -0.05) is 0 Å². The smallest absolute Gasteiger partial charge is 0.321 e. The van der Waals surface area contributed by atoms with Crippen molar-refractivity contribution in [1.82, 2.24) is 15.5 Å². The Hall–Kier alpha value is -1.14. The normalized spacial score (nSPS) is 26.2. The van der Waals surface area contributed by atoms with Crippen molar-refractivity contribution in [1.29, 1.82) is 0 Å². The van der Waals surface area contributed by atoms with Crippen LogP contribution in [0.1, 0.15) is 13.8 Å². The summed E-state index contributed by atoms with van der Waals surface area (Å²) in [6.45, 7) is 5.60. The monoisotopic (exact) mass is 229 g/mol. The molecule has 92 valence electrons. The summed E-state index contributed by atoms with van der Waals surface area (Å²) in [6.07, 6.45) is 0.244. The Morgan fingerprint density at radius 2 is 1.88 bits per heavy atom. The van der Waals surface area contributed by atoms with Gasteiger partial charge in [0.05, 0.1) is 18.8 Å². The van der Waals surface area contributed by atoms with Gasteiger partial charge in [0.25, 0.3) is 0 Å². The van der Waals surface area contributed by atoms with Crippen molar-refractivity contribution in [3.05, 3.63) is 0 Å². The Labute approximate surface area is 95.3 Å². The Balaban J connectivity index is 2.35. The molecule has 16 heavy (non-hydrogen) atoms. The van der Waals surface area contributed by atoms with E-state index in [-0.39, 0.29) is 24.7 Å². The maximum atomic E-state index is 11.4. The lowest BCUT2D eigenvalue weighted by atomic mass is 10.2. The maximum Gasteiger partial charge on any atom is 0.321 e. The average molecular weight is 229 g/mol. The fourth-order valence-corrected chi connectivity index (χ4v) is 1.85. The molecule has 1 fully saturated rings. The lowest BCUT2D eigenvalue weighted by Gasteiger charge is -2.34. The summed E-state index contributed by atoms with van der Waals surface area (Å²) in [5, 5.41) is 4.57. The first kappa shape index (κ1) is 12.9. The molecule has 2 atom stereocenters. The van der Waals surface area contributed by atoms with Gasteiger partial charge in [-0.15, -0.1) is 0 Å². The van der Waals surface area contributed by atoms with E-state index in [1.165, 1.54) is 7.05 Å². The van der Waals surface area contributed by atoms with Crippen molar-refractivity contribution in [2.75, 3.05) is 26.7 Å². The Bertz CT molecular complexity index is 260. The van der Waals surface area contributed by atoms with Crippen molar-refractivity contribution in [2.45, 2.75) is 26.1 Å². The van der Waals surface area contributed by atoms with Crippen molar-refractivity contribution in [3.8, 4) is 0 Å². The summed E-state index contributed by atoms with van der Waals surface area (Å²) in [4.78, 5) is 24.3. The van der Waals surface area contributed by atoms with Crippen molar-refractivity contribution in [2.24, 2.45) is 0 Å². The van der Waals surface area contributed by atoms with E-state index in [0.29, 0.717) is 13.1 Å². The van der Waals surface area contributed by atoms with Gasteiger partial charge in [-0.3, -0.25) is 15.0 Å². The molecule has 0 aliphatic carbocycles. The molecule has 0 aromatic heterocycles. The number of rotatable bonds is 2. The predicted octanol–water partition coefficient (Wildman–Crippen LogP) is -0.449. The molecule has 6 nitrogen and oxygen atoms in total. The molecule has 0 unspecified atom stereocenters. The Kier molecular flexibility index (Phi) is 4.70. The van der Waals surface area contributed by atoms with Gasteiger partial charge in [-0.05, 0) is 13.8 Å². The van der Waals surface area contributed by atoms with E-state index in [9.17, 15) is 9.59 Å². The Morgan fingerprint density at radius 1 is 1.31 bits per heavy atom. The van der Waals surface area contributed by atoms with Gasteiger partial charge >= 0.3 is 6.03 Å². The molecule has 1 aliphatic heterocycles. The van der Waals surface area contributed by atoms with Crippen LogP contribution in [0.3, 0.4) is 0 Å². The summed E-state index contributed by atoms with van der Waals surface area (Å²) in [5.41, 5.74) is 0. The second-order valence-corrected chi connectivity index (χ2v) is 4.08. The van der Waals surface area contributed by atoms with E-state index in [4.69, 9.17) is 4.74 Å². The zero-order chi connectivity index (χ0) is 12.1. The van der Waals surface area contributed by atoms with Gasteiger partial charge < -0.3 is 10.1 Å². The van der Waals surface area contributed by atoms with Gasteiger partial charge in [-0.2, -0.15) is 0 Å². The second-order valence-electron chi connectivity index (χ2n) is 4.08. The molecule has 0 aromatic rings. The SMILES string of the molecule is CNC(=O)NC(=O)CN1C[C@@H](C)O[C@H](C)C1. The number of nitrogens with one attached hydrogen (secondary N) is 2. The molecular weight excluding hydrogens is 210 g/mol. The summed E-state index contributed by atoms with van der Waals surface area (Å²) in [7, 11) is 1.47. The highest BCUT2D eigenvalue weighted by Crippen LogP contribution is 2.09. The van der Waals surface area contributed by atoms with Crippen LogP contribution < -0.4 is 10.6 Å². The van der Waals surface area contributed by atoms with Crippen LogP contribution in [0.4, 0.5) is 4.79 Å². The van der Waals surface area contributed by atoms with Crippen molar-refractivity contribution in [3.63, 3.8) is 0 Å². The number of nitrogens with zero attached hydrogens (tertiary/aromatic N) is 1. The van der Waals surface area contributed by atoms with Crippen LogP contribution in [-0.2, 0) is 9.53 Å². The first-order valence-electron chi connectivity index (χ1n) is 5.40. The number of carbonyl (C=O) groups is 2. The fourth-order valence-electron chi connectivity index (χ4n) is 1.85. The van der Waals surface area contributed by atoms with E-state index in [0.717, 1.165) is 0 Å². The lowest BCUT2D eigenvalue weighted by molar-refractivity contribution is -0.124. The number of ether oxygens (including phenoxy) is 1. The number of hydrogen-bond donors (Lipinski definition) is 2. The molecule has 1 heterocycles. The zero-order valence-corrected chi connectivity index (χ0v) is 9.95. The minimum Gasteiger partial charge on any atom is -0.373 e. The summed E-state index contributed by atoms with van der Waals surface area (Å²) in [5.74, 6) is -0.291. The Morgan fingerprint density at radius 3 is 2.38 bits per heavy atom. The maximum absolute atomic E-state index is 11.4. The lowest BCUT2D eigenvalue weighted by Crippen LogP contribution is -2.50. The van der Waals surface area contributed by atoms with Gasteiger partial charge in [0.15, 0.2) is 0 Å². The molecule has 0 radical (unpaired) electrons. The standard InChI is InChI=1S/C10H19N3O3/c1-7-4-13(5-8(2)16-7)6-9(14)12-10(15)11-3/h7-8H,4-6H2,1-3H3,(H2,11,12,14,15)/t7-,8-/m1/s1. The van der Waals surface area contributed by atoms with Crippen molar-refractivity contribution >= 4 is 11.9 Å². The number of imide groups is 1. The number of morpholine rings is 1. The summed E-state index contributed by atoms with van der Waals surface area (Å²) < 4.78 is 5.55. The van der Waals surface area contributed by atoms with Gasteiger partial charge in [0.1, 0.15) is 0 Å². The number of amides is 3. The predicted molar refractivity (Wildman–Crippen MR) is 59.0 cm³/mol. The molecule has 1 saturated heterocycles. The molecule has 0 saturated carbocycles. The van der Waals surface area contributed by atoms with E-state index >= 15 is 0 Å². The minimum atomic E-state index is -0.473. The first-order valence-corrected chi connectivity index (χ1v) is 5.40. The summed E-state index contributed by atoms with van der Waals surface area (Å²) in [6, 6.07) is -0.473. The first-order chi connectivity index (χ1) is 7.51. The second kappa shape index (κ2) is 5.81. The van der Waals surface area contributed by atoms with Crippen LogP contribution >= 0.6 is 0 Å². The zero-order valence-electron chi connectivity index (χ0n) is 9.95. The van der Waals surface area contributed by atoms with E-state index < -0.39 is 6.03 Å². The highest BCUT2D eigenvalue weighted by molar-refractivity contribution is 5.95. The molecular formula is C10H19N3O3. The van der Waals surface area contributed by atoms with Gasteiger partial charge in [0.2, 0.25) is 5.91 Å². The molecule has 1 rings (SSSR count). The molecule has 0 bridgehead atoms. The third kappa shape index (κ3) is 4.16. The molecule has 1 aliphatic rings. The van der Waals surface area contributed by atoms with E-state index in [2.05, 4.69) is 10.6 Å². The third-order valence-corrected chi connectivity index (χ3v) is 2.34. The molecule has 3 amide bonds. The number of urea groups is 1. The molecule has 0 aromatic carbocycles. The molecule has 0 spiro atoms. The highest BCUT2D eigenvalue weighted by atomic mass is 16.5. The highest BCUT2D eigenvalue weighted by Gasteiger charge is 2.23. The van der Waals surface area contributed by atoms with Crippen molar-refractivity contribution < 1.29 is 14.3 Å². The van der Waals surface area contributed by atoms with Gasteiger partial charge in [-0.25, -0.2) is 4.79 Å². The minimum absolute atomic E-state index is 0.122. The van der Waals surface area contributed by atoms with Gasteiger partial charge in [0, 0.05) is 20.1 Å². The number of hydrogen-bond acceptors (Lipinski definition) is 4. The van der Waals surface area contributed by atoms with E-state index in [1.807, 2.05) is 18.7 Å². The molecule has 6 heteroatoms. The van der Waals surface area contributed by atoms with Crippen LogP contribution in [0, 0.1) is 0 Å². The summed E-state index contributed by atoms with van der Waals surface area (Å²) >= 11 is 0. The van der Waals surface area contributed by atoms with Crippen LogP contribution in [0.15, 0.2) is 0 Å². The largest absolute Gasteiger partial charge is 0.373 e.